The molecule has 20 heavy (non-hydrogen) atoms. The van der Waals surface area contributed by atoms with Crippen molar-refractivity contribution in [2.75, 3.05) is 13.1 Å². The monoisotopic (exact) mass is 362 g/mol. The van der Waals surface area contributed by atoms with Gasteiger partial charge in [-0.05, 0) is 44.5 Å². The number of nitrogens with one attached hydrogen (secondary N) is 2. The number of benzene rings is 1. The maximum atomic E-state index is 11.4. The number of ether oxygens (including phenoxy) is 1. The molecule has 1 aromatic carbocycles. The van der Waals surface area contributed by atoms with E-state index in [2.05, 4.69) is 26.6 Å². The normalized spacial score (nSPS) is 11.2. The lowest BCUT2D eigenvalue weighted by atomic mass is 10.2. The fraction of sp³-hybridized carbons (Fsp3) is 0.500. The Hall–Kier alpha value is -0.780. The van der Waals surface area contributed by atoms with E-state index in [0.29, 0.717) is 19.6 Å². The Morgan fingerprint density at radius 3 is 2.70 bits per heavy atom. The first-order valence-electron chi connectivity index (χ1n) is 6.39. The molecule has 0 aliphatic heterocycles. The van der Waals surface area contributed by atoms with Crippen molar-refractivity contribution in [2.24, 2.45) is 0 Å². The SMILES string of the molecule is CC(C)(C)OC(=O)NCCNCc1cc(Br)ccc1Cl. The van der Waals surface area contributed by atoms with E-state index in [4.69, 9.17) is 16.3 Å². The molecule has 0 aromatic heterocycles. The van der Waals surface area contributed by atoms with E-state index in [0.717, 1.165) is 15.1 Å². The maximum absolute atomic E-state index is 11.4. The van der Waals surface area contributed by atoms with Gasteiger partial charge in [-0.15, -0.1) is 0 Å². The highest BCUT2D eigenvalue weighted by Gasteiger charge is 2.15. The van der Waals surface area contributed by atoms with Crippen molar-refractivity contribution in [1.82, 2.24) is 10.6 Å². The van der Waals surface area contributed by atoms with E-state index in [9.17, 15) is 4.79 Å². The second-order valence-corrected chi connectivity index (χ2v) is 6.66. The van der Waals surface area contributed by atoms with E-state index in [-0.39, 0.29) is 0 Å². The Kier molecular flexibility index (Phi) is 6.79. The van der Waals surface area contributed by atoms with Gasteiger partial charge in [-0.1, -0.05) is 27.5 Å². The average molecular weight is 364 g/mol. The van der Waals surface area contributed by atoms with Crippen LogP contribution in [0.4, 0.5) is 4.79 Å². The third kappa shape index (κ3) is 7.12. The number of rotatable bonds is 5. The molecule has 0 fully saturated rings. The minimum Gasteiger partial charge on any atom is -0.444 e. The predicted molar refractivity (Wildman–Crippen MR) is 85.1 cm³/mol. The predicted octanol–water partition coefficient (Wildman–Crippen LogP) is 3.72. The Morgan fingerprint density at radius 2 is 2.05 bits per heavy atom. The summed E-state index contributed by atoms with van der Waals surface area (Å²) >= 11 is 9.49. The molecule has 0 radical (unpaired) electrons. The van der Waals surface area contributed by atoms with Crippen LogP contribution < -0.4 is 10.6 Å². The van der Waals surface area contributed by atoms with Crippen molar-refractivity contribution in [2.45, 2.75) is 32.9 Å². The van der Waals surface area contributed by atoms with E-state index in [1.165, 1.54) is 0 Å². The first-order valence-corrected chi connectivity index (χ1v) is 7.56. The van der Waals surface area contributed by atoms with Crippen LogP contribution in [0.25, 0.3) is 0 Å². The highest BCUT2D eigenvalue weighted by molar-refractivity contribution is 9.10. The number of carbonyl (C=O) groups excluding carboxylic acids is 1. The molecule has 6 heteroatoms. The van der Waals surface area contributed by atoms with Gasteiger partial charge in [0.2, 0.25) is 0 Å². The van der Waals surface area contributed by atoms with E-state index in [1.54, 1.807) is 0 Å². The summed E-state index contributed by atoms with van der Waals surface area (Å²) in [6.07, 6.45) is -0.403. The van der Waals surface area contributed by atoms with Crippen LogP contribution in [0, 0.1) is 0 Å². The molecular formula is C14H20BrClN2O2. The van der Waals surface area contributed by atoms with Gasteiger partial charge in [-0.25, -0.2) is 4.79 Å². The standard InChI is InChI=1S/C14H20BrClN2O2/c1-14(2,3)20-13(19)18-7-6-17-9-10-8-11(15)4-5-12(10)16/h4-5,8,17H,6-7,9H2,1-3H3,(H,18,19). The van der Waals surface area contributed by atoms with E-state index in [1.807, 2.05) is 39.0 Å². The third-order valence-corrected chi connectivity index (χ3v) is 3.16. The quantitative estimate of drug-likeness (QED) is 0.784. The van der Waals surface area contributed by atoms with Crippen LogP contribution >= 0.6 is 27.5 Å². The van der Waals surface area contributed by atoms with Gasteiger partial charge in [0.15, 0.2) is 0 Å². The maximum Gasteiger partial charge on any atom is 0.407 e. The summed E-state index contributed by atoms with van der Waals surface area (Å²) in [6.45, 7) is 7.29. The molecule has 0 atom stereocenters. The highest BCUT2D eigenvalue weighted by Crippen LogP contribution is 2.20. The number of hydrogen-bond acceptors (Lipinski definition) is 3. The van der Waals surface area contributed by atoms with Crippen molar-refractivity contribution >= 4 is 33.6 Å². The van der Waals surface area contributed by atoms with Gasteiger partial charge in [-0.2, -0.15) is 0 Å². The summed E-state index contributed by atoms with van der Waals surface area (Å²) < 4.78 is 6.12. The van der Waals surface area contributed by atoms with Crippen molar-refractivity contribution in [3.05, 3.63) is 33.3 Å². The molecule has 112 valence electrons. The average Bonchev–Trinajstić information content (AvgIpc) is 2.30. The number of hydrogen-bond donors (Lipinski definition) is 2. The first-order chi connectivity index (χ1) is 9.28. The molecule has 0 saturated heterocycles. The molecule has 0 unspecified atom stereocenters. The molecule has 4 nitrogen and oxygen atoms in total. The first kappa shape index (κ1) is 17.3. The Morgan fingerprint density at radius 1 is 1.35 bits per heavy atom. The number of halogens is 2. The summed E-state index contributed by atoms with van der Waals surface area (Å²) in [5, 5.41) is 6.62. The minimum absolute atomic E-state index is 0.403. The van der Waals surface area contributed by atoms with Crippen LogP contribution in [0.5, 0.6) is 0 Å². The van der Waals surface area contributed by atoms with Crippen molar-refractivity contribution in [1.29, 1.82) is 0 Å². The molecule has 2 N–H and O–H groups in total. The second-order valence-electron chi connectivity index (χ2n) is 5.34. The van der Waals surface area contributed by atoms with Crippen molar-refractivity contribution in [3.63, 3.8) is 0 Å². The zero-order chi connectivity index (χ0) is 15.2. The molecule has 0 aliphatic rings. The van der Waals surface area contributed by atoms with Crippen LogP contribution in [0.15, 0.2) is 22.7 Å². The highest BCUT2D eigenvalue weighted by atomic mass is 79.9. The van der Waals surface area contributed by atoms with Crippen molar-refractivity contribution in [3.8, 4) is 0 Å². The number of amides is 1. The topological polar surface area (TPSA) is 50.4 Å². The Labute approximate surface area is 133 Å². The lowest BCUT2D eigenvalue weighted by Gasteiger charge is -2.19. The molecule has 0 aliphatic carbocycles. The van der Waals surface area contributed by atoms with Gasteiger partial charge < -0.3 is 15.4 Å². The second kappa shape index (κ2) is 7.86. The minimum atomic E-state index is -0.471. The van der Waals surface area contributed by atoms with Crippen LogP contribution in [-0.4, -0.2) is 24.8 Å². The molecular weight excluding hydrogens is 344 g/mol. The van der Waals surface area contributed by atoms with Crippen LogP contribution in [0.2, 0.25) is 5.02 Å². The third-order valence-electron chi connectivity index (χ3n) is 2.29. The fourth-order valence-electron chi connectivity index (χ4n) is 1.47. The lowest BCUT2D eigenvalue weighted by molar-refractivity contribution is 0.0528. The Bertz CT molecular complexity index is 461. The van der Waals surface area contributed by atoms with Gasteiger partial charge in [0.1, 0.15) is 5.60 Å². The number of carbonyl (C=O) groups is 1. The van der Waals surface area contributed by atoms with E-state index >= 15 is 0 Å². The van der Waals surface area contributed by atoms with Gasteiger partial charge in [0.25, 0.3) is 0 Å². The summed E-state index contributed by atoms with van der Waals surface area (Å²) in [4.78, 5) is 11.4. The molecule has 0 spiro atoms. The van der Waals surface area contributed by atoms with Crippen LogP contribution in [0.1, 0.15) is 26.3 Å². The largest absolute Gasteiger partial charge is 0.444 e. The lowest BCUT2D eigenvalue weighted by Crippen LogP contribution is -2.36. The zero-order valence-electron chi connectivity index (χ0n) is 11.9. The van der Waals surface area contributed by atoms with E-state index < -0.39 is 11.7 Å². The van der Waals surface area contributed by atoms with Gasteiger partial charge in [-0.3, -0.25) is 0 Å². The van der Waals surface area contributed by atoms with Crippen LogP contribution in [-0.2, 0) is 11.3 Å². The molecule has 1 amide bonds. The Balaban J connectivity index is 2.22. The number of alkyl carbamates (subject to hydrolysis) is 1. The molecule has 0 saturated carbocycles. The summed E-state index contributed by atoms with van der Waals surface area (Å²) in [7, 11) is 0. The zero-order valence-corrected chi connectivity index (χ0v) is 14.3. The molecule has 1 aromatic rings. The fourth-order valence-corrected chi connectivity index (χ4v) is 2.06. The van der Waals surface area contributed by atoms with Gasteiger partial charge in [0, 0.05) is 29.1 Å². The summed E-state index contributed by atoms with van der Waals surface area (Å²) in [5.74, 6) is 0. The molecule has 0 bridgehead atoms. The van der Waals surface area contributed by atoms with Gasteiger partial charge in [0.05, 0.1) is 0 Å². The summed E-state index contributed by atoms with van der Waals surface area (Å²) in [5.41, 5.74) is 0.541. The van der Waals surface area contributed by atoms with Crippen LogP contribution in [0.3, 0.4) is 0 Å². The van der Waals surface area contributed by atoms with Crippen molar-refractivity contribution < 1.29 is 9.53 Å². The smallest absolute Gasteiger partial charge is 0.407 e. The van der Waals surface area contributed by atoms with Gasteiger partial charge >= 0.3 is 6.09 Å². The molecule has 1 rings (SSSR count). The summed E-state index contributed by atoms with van der Waals surface area (Å²) in [6, 6.07) is 5.72. The molecule has 0 heterocycles.